The highest BCUT2D eigenvalue weighted by Gasteiger charge is 2.31. The Kier molecular flexibility index (Phi) is 2.66. The molecule has 5 heteroatoms. The SMILES string of the molecule is Cc1nn(C)cc1-c1nc(C(C)C)n(C2CC2)c1N. The van der Waals surface area contributed by atoms with Crippen molar-refractivity contribution in [3.8, 4) is 11.3 Å². The van der Waals surface area contributed by atoms with Crippen LogP contribution in [0.5, 0.6) is 0 Å². The number of nitrogens with two attached hydrogens (primary N) is 1. The predicted molar refractivity (Wildman–Crippen MR) is 75.9 cm³/mol. The average molecular weight is 259 g/mol. The molecule has 1 aliphatic carbocycles. The van der Waals surface area contributed by atoms with Gasteiger partial charge in [-0.1, -0.05) is 13.8 Å². The van der Waals surface area contributed by atoms with E-state index in [-0.39, 0.29) is 0 Å². The van der Waals surface area contributed by atoms with Gasteiger partial charge in [0.2, 0.25) is 0 Å². The van der Waals surface area contributed by atoms with Gasteiger partial charge in [0, 0.05) is 30.8 Å². The number of nitrogen functional groups attached to an aromatic ring is 1. The van der Waals surface area contributed by atoms with Gasteiger partial charge in [-0.3, -0.25) is 4.68 Å². The summed E-state index contributed by atoms with van der Waals surface area (Å²) in [6, 6.07) is 0.552. The number of aryl methyl sites for hydroxylation is 2. The van der Waals surface area contributed by atoms with Gasteiger partial charge in [0.25, 0.3) is 0 Å². The van der Waals surface area contributed by atoms with E-state index in [1.165, 1.54) is 12.8 Å². The molecule has 2 heterocycles. The Hall–Kier alpha value is -1.78. The lowest BCUT2D eigenvalue weighted by molar-refractivity contribution is 0.646. The van der Waals surface area contributed by atoms with E-state index < -0.39 is 0 Å². The first kappa shape index (κ1) is 12.3. The average Bonchev–Trinajstić information content (AvgIpc) is 3.02. The Balaban J connectivity index is 2.17. The van der Waals surface area contributed by atoms with Crippen LogP contribution >= 0.6 is 0 Å². The molecule has 3 rings (SSSR count). The summed E-state index contributed by atoms with van der Waals surface area (Å²) < 4.78 is 4.04. The first-order valence-electron chi connectivity index (χ1n) is 6.87. The van der Waals surface area contributed by atoms with Crippen molar-refractivity contribution >= 4 is 5.82 Å². The maximum absolute atomic E-state index is 6.36. The van der Waals surface area contributed by atoms with Crippen molar-refractivity contribution in [2.75, 3.05) is 5.73 Å². The first-order valence-corrected chi connectivity index (χ1v) is 6.87. The maximum atomic E-state index is 6.36. The topological polar surface area (TPSA) is 61.7 Å². The molecule has 0 unspecified atom stereocenters. The van der Waals surface area contributed by atoms with Gasteiger partial charge in [0.15, 0.2) is 0 Å². The van der Waals surface area contributed by atoms with E-state index in [0.29, 0.717) is 12.0 Å². The summed E-state index contributed by atoms with van der Waals surface area (Å²) in [7, 11) is 1.92. The number of nitrogens with zero attached hydrogens (tertiary/aromatic N) is 4. The second kappa shape index (κ2) is 4.11. The normalized spacial score (nSPS) is 15.4. The third kappa shape index (κ3) is 1.93. The molecule has 1 fully saturated rings. The molecule has 0 spiro atoms. The van der Waals surface area contributed by atoms with Crippen LogP contribution in [0, 0.1) is 6.92 Å². The van der Waals surface area contributed by atoms with Gasteiger partial charge < -0.3 is 10.3 Å². The molecule has 102 valence electrons. The second-order valence-corrected chi connectivity index (χ2v) is 5.76. The van der Waals surface area contributed by atoms with E-state index in [0.717, 1.165) is 28.6 Å². The number of aromatic nitrogens is 4. The monoisotopic (exact) mass is 259 g/mol. The molecule has 0 aliphatic heterocycles. The summed E-state index contributed by atoms with van der Waals surface area (Å²) >= 11 is 0. The van der Waals surface area contributed by atoms with E-state index in [9.17, 15) is 0 Å². The number of rotatable bonds is 3. The number of anilines is 1. The highest BCUT2D eigenvalue weighted by Crippen LogP contribution is 2.42. The molecule has 2 N–H and O–H groups in total. The molecule has 1 saturated carbocycles. The molecule has 19 heavy (non-hydrogen) atoms. The summed E-state index contributed by atoms with van der Waals surface area (Å²) in [6.45, 7) is 6.33. The fourth-order valence-electron chi connectivity index (χ4n) is 2.62. The van der Waals surface area contributed by atoms with Crippen molar-refractivity contribution in [2.45, 2.75) is 45.6 Å². The van der Waals surface area contributed by atoms with Gasteiger partial charge in [-0.05, 0) is 19.8 Å². The summed E-state index contributed by atoms with van der Waals surface area (Å²) in [5, 5.41) is 4.38. The highest BCUT2D eigenvalue weighted by atomic mass is 15.3. The molecule has 5 nitrogen and oxygen atoms in total. The van der Waals surface area contributed by atoms with Crippen molar-refractivity contribution in [3.63, 3.8) is 0 Å². The zero-order valence-electron chi connectivity index (χ0n) is 12.0. The standard InChI is InChI=1S/C14H21N5/c1-8(2)14-16-12(11-7-18(4)17-9(11)3)13(15)19(14)10-5-6-10/h7-8,10H,5-6,15H2,1-4H3. The van der Waals surface area contributed by atoms with Gasteiger partial charge in [-0.2, -0.15) is 5.10 Å². The molecular formula is C14H21N5. The summed E-state index contributed by atoms with van der Waals surface area (Å²) in [5.41, 5.74) is 9.27. The third-order valence-electron chi connectivity index (χ3n) is 3.67. The number of imidazole rings is 1. The van der Waals surface area contributed by atoms with Gasteiger partial charge >= 0.3 is 0 Å². The zero-order valence-corrected chi connectivity index (χ0v) is 12.0. The van der Waals surface area contributed by atoms with Crippen molar-refractivity contribution in [3.05, 3.63) is 17.7 Å². The van der Waals surface area contributed by atoms with Gasteiger partial charge in [-0.25, -0.2) is 4.98 Å². The van der Waals surface area contributed by atoms with E-state index in [2.05, 4.69) is 23.5 Å². The molecule has 1 aliphatic rings. The minimum atomic E-state index is 0.383. The molecule has 0 amide bonds. The van der Waals surface area contributed by atoms with Crippen LogP contribution < -0.4 is 5.73 Å². The van der Waals surface area contributed by atoms with Gasteiger partial charge in [0.05, 0.1) is 5.69 Å². The van der Waals surface area contributed by atoms with Crippen LogP contribution in [0.15, 0.2) is 6.20 Å². The highest BCUT2D eigenvalue weighted by molar-refractivity contribution is 5.72. The lowest BCUT2D eigenvalue weighted by atomic mass is 10.2. The third-order valence-corrected chi connectivity index (χ3v) is 3.67. The molecule has 2 aromatic rings. The summed E-state index contributed by atoms with van der Waals surface area (Å²) in [6.07, 6.45) is 4.42. The first-order chi connectivity index (χ1) is 8.99. The zero-order chi connectivity index (χ0) is 13.7. The van der Waals surface area contributed by atoms with Crippen LogP contribution in [0.2, 0.25) is 0 Å². The Morgan fingerprint density at radius 2 is 2.05 bits per heavy atom. The fourth-order valence-corrected chi connectivity index (χ4v) is 2.62. The predicted octanol–water partition coefficient (Wildman–Crippen LogP) is 2.63. The summed E-state index contributed by atoms with van der Waals surface area (Å²) in [4.78, 5) is 4.80. The molecule has 0 radical (unpaired) electrons. The Bertz CT molecular complexity index is 616. The lowest BCUT2D eigenvalue weighted by Gasteiger charge is -2.10. The molecule has 0 bridgehead atoms. The van der Waals surface area contributed by atoms with Crippen LogP contribution in [-0.4, -0.2) is 19.3 Å². The number of hydrogen-bond acceptors (Lipinski definition) is 3. The van der Waals surface area contributed by atoms with Crippen LogP contribution in [0.25, 0.3) is 11.3 Å². The number of hydrogen-bond donors (Lipinski definition) is 1. The molecule has 0 saturated heterocycles. The van der Waals surface area contributed by atoms with Gasteiger partial charge in [0.1, 0.15) is 17.3 Å². The van der Waals surface area contributed by atoms with Crippen molar-refractivity contribution in [1.82, 2.24) is 19.3 Å². The largest absolute Gasteiger partial charge is 0.383 e. The van der Waals surface area contributed by atoms with Crippen molar-refractivity contribution < 1.29 is 0 Å². The van der Waals surface area contributed by atoms with E-state index >= 15 is 0 Å². The van der Waals surface area contributed by atoms with E-state index in [4.69, 9.17) is 10.7 Å². The van der Waals surface area contributed by atoms with E-state index in [1.807, 2.05) is 24.9 Å². The smallest absolute Gasteiger partial charge is 0.132 e. The Morgan fingerprint density at radius 1 is 1.37 bits per heavy atom. The maximum Gasteiger partial charge on any atom is 0.132 e. The van der Waals surface area contributed by atoms with Crippen LogP contribution in [0.1, 0.15) is 50.2 Å². The Labute approximate surface area is 113 Å². The van der Waals surface area contributed by atoms with Crippen molar-refractivity contribution in [2.24, 2.45) is 7.05 Å². The van der Waals surface area contributed by atoms with Crippen LogP contribution in [-0.2, 0) is 7.05 Å². The fraction of sp³-hybridized carbons (Fsp3) is 0.571. The minimum absolute atomic E-state index is 0.383. The Morgan fingerprint density at radius 3 is 2.53 bits per heavy atom. The quantitative estimate of drug-likeness (QED) is 0.921. The molecule has 0 aromatic carbocycles. The van der Waals surface area contributed by atoms with Crippen molar-refractivity contribution in [1.29, 1.82) is 0 Å². The summed E-state index contributed by atoms with van der Waals surface area (Å²) in [5.74, 6) is 2.27. The molecule has 0 atom stereocenters. The minimum Gasteiger partial charge on any atom is -0.383 e. The van der Waals surface area contributed by atoms with Crippen LogP contribution in [0.4, 0.5) is 5.82 Å². The lowest BCUT2D eigenvalue weighted by Crippen LogP contribution is -2.06. The second-order valence-electron chi connectivity index (χ2n) is 5.76. The van der Waals surface area contributed by atoms with Crippen LogP contribution in [0.3, 0.4) is 0 Å². The molecular weight excluding hydrogens is 238 g/mol. The molecule has 2 aromatic heterocycles. The van der Waals surface area contributed by atoms with Gasteiger partial charge in [-0.15, -0.1) is 0 Å². The van der Waals surface area contributed by atoms with E-state index in [1.54, 1.807) is 0 Å².